The van der Waals surface area contributed by atoms with Crippen LogP contribution in [0.4, 0.5) is 0 Å². The molecule has 0 radical (unpaired) electrons. The summed E-state index contributed by atoms with van der Waals surface area (Å²) in [5, 5.41) is 0. The molecule has 0 aliphatic carbocycles. The van der Waals surface area contributed by atoms with Gasteiger partial charge in [0.25, 0.3) is 0 Å². The third-order valence-electron chi connectivity index (χ3n) is 2.52. The second-order valence-electron chi connectivity index (χ2n) is 3.91. The maximum Gasteiger partial charge on any atom is 0.211 e. The van der Waals surface area contributed by atoms with Crippen molar-refractivity contribution >= 4 is 31.4 Å². The molecule has 0 saturated heterocycles. The maximum atomic E-state index is 12.3. The third kappa shape index (κ3) is 2.47. The summed E-state index contributed by atoms with van der Waals surface area (Å²) < 4.78 is 25.5. The zero-order valence-electron chi connectivity index (χ0n) is 9.72. The minimum atomic E-state index is -3.46. The number of hydrogen-bond acceptors (Lipinski definition) is 6. The standard InChI is InChI=1S/C12H9N3O2S2/c16-19(17,7-9-5-6-13-8-14-9)12-15-10-3-1-2-4-11(10)18-12/h1-6,8H,7H2. The Kier molecular flexibility index (Phi) is 3.00. The van der Waals surface area contributed by atoms with Crippen LogP contribution in [-0.2, 0) is 15.6 Å². The lowest BCUT2D eigenvalue weighted by Gasteiger charge is -1.99. The minimum Gasteiger partial charge on any atom is -0.245 e. The normalized spacial score (nSPS) is 11.8. The molecule has 3 aromatic rings. The van der Waals surface area contributed by atoms with E-state index >= 15 is 0 Å². The van der Waals surface area contributed by atoms with Gasteiger partial charge in [-0.1, -0.05) is 12.1 Å². The van der Waals surface area contributed by atoms with Crippen LogP contribution in [0.1, 0.15) is 5.69 Å². The van der Waals surface area contributed by atoms with E-state index in [1.165, 1.54) is 23.9 Å². The zero-order chi connectivity index (χ0) is 13.3. The first-order valence-corrected chi connectivity index (χ1v) is 7.95. The molecule has 0 unspecified atom stereocenters. The summed E-state index contributed by atoms with van der Waals surface area (Å²) in [5.74, 6) is -0.157. The number of hydrogen-bond donors (Lipinski definition) is 0. The Hall–Kier alpha value is -1.86. The Morgan fingerprint density at radius 1 is 1.16 bits per heavy atom. The van der Waals surface area contributed by atoms with Gasteiger partial charge in [0, 0.05) is 6.20 Å². The molecular formula is C12H9N3O2S2. The lowest BCUT2D eigenvalue weighted by molar-refractivity contribution is 0.594. The summed E-state index contributed by atoms with van der Waals surface area (Å²) in [6.45, 7) is 0. The average molecular weight is 291 g/mol. The second kappa shape index (κ2) is 4.67. The Morgan fingerprint density at radius 2 is 2.00 bits per heavy atom. The van der Waals surface area contributed by atoms with Gasteiger partial charge in [0.15, 0.2) is 0 Å². The van der Waals surface area contributed by atoms with E-state index in [0.29, 0.717) is 11.2 Å². The molecule has 0 saturated carbocycles. The molecule has 7 heteroatoms. The number of sulfone groups is 1. The maximum absolute atomic E-state index is 12.3. The Bertz CT molecular complexity index is 780. The number of thiazole rings is 1. The predicted molar refractivity (Wildman–Crippen MR) is 72.5 cm³/mol. The molecule has 2 heterocycles. The number of benzene rings is 1. The van der Waals surface area contributed by atoms with Crippen molar-refractivity contribution in [2.45, 2.75) is 10.1 Å². The Labute approximate surface area is 113 Å². The van der Waals surface area contributed by atoms with Gasteiger partial charge in [-0.25, -0.2) is 23.4 Å². The molecule has 0 N–H and O–H groups in total. The lowest BCUT2D eigenvalue weighted by atomic mass is 10.3. The molecule has 0 atom stereocenters. The molecule has 2 aromatic heterocycles. The molecule has 0 aliphatic heterocycles. The number of aromatic nitrogens is 3. The van der Waals surface area contributed by atoms with E-state index < -0.39 is 9.84 Å². The molecule has 19 heavy (non-hydrogen) atoms. The lowest BCUT2D eigenvalue weighted by Crippen LogP contribution is -2.05. The van der Waals surface area contributed by atoms with Crippen molar-refractivity contribution in [3.05, 3.63) is 48.5 Å². The highest BCUT2D eigenvalue weighted by molar-refractivity contribution is 7.92. The van der Waals surface area contributed by atoms with Crippen LogP contribution >= 0.6 is 11.3 Å². The monoisotopic (exact) mass is 291 g/mol. The van der Waals surface area contributed by atoms with Gasteiger partial charge < -0.3 is 0 Å². The highest BCUT2D eigenvalue weighted by atomic mass is 32.2. The molecule has 0 aliphatic rings. The minimum absolute atomic E-state index is 0.132. The predicted octanol–water partition coefficient (Wildman–Crippen LogP) is 2.06. The van der Waals surface area contributed by atoms with Crippen molar-refractivity contribution in [3.63, 3.8) is 0 Å². The van der Waals surface area contributed by atoms with Crippen molar-refractivity contribution in [2.24, 2.45) is 0 Å². The van der Waals surface area contributed by atoms with E-state index in [0.717, 1.165) is 4.70 Å². The van der Waals surface area contributed by atoms with Crippen LogP contribution in [0.25, 0.3) is 10.2 Å². The fourth-order valence-electron chi connectivity index (χ4n) is 1.64. The Morgan fingerprint density at radius 3 is 2.74 bits per heavy atom. The first kappa shape index (κ1) is 12.2. The summed E-state index contributed by atoms with van der Waals surface area (Å²) in [4.78, 5) is 11.9. The Balaban J connectivity index is 2.00. The SMILES string of the molecule is O=S(=O)(Cc1ccncn1)c1nc2ccccc2s1. The third-order valence-corrected chi connectivity index (χ3v) is 5.66. The highest BCUT2D eigenvalue weighted by Gasteiger charge is 2.20. The van der Waals surface area contributed by atoms with E-state index in [9.17, 15) is 8.42 Å². The van der Waals surface area contributed by atoms with Crippen molar-refractivity contribution < 1.29 is 8.42 Å². The molecule has 96 valence electrons. The number of fused-ring (bicyclic) bond motifs is 1. The van der Waals surface area contributed by atoms with Crippen molar-refractivity contribution in [1.82, 2.24) is 15.0 Å². The highest BCUT2D eigenvalue weighted by Crippen LogP contribution is 2.26. The summed E-state index contributed by atoms with van der Waals surface area (Å²) in [7, 11) is -3.46. The molecule has 0 spiro atoms. The summed E-state index contributed by atoms with van der Waals surface area (Å²) in [5.41, 5.74) is 1.17. The quantitative estimate of drug-likeness (QED) is 0.738. The smallest absolute Gasteiger partial charge is 0.211 e. The molecule has 1 aromatic carbocycles. The summed E-state index contributed by atoms with van der Waals surface area (Å²) >= 11 is 1.18. The second-order valence-corrected chi connectivity index (χ2v) is 7.10. The summed E-state index contributed by atoms with van der Waals surface area (Å²) in [6, 6.07) is 8.95. The van der Waals surface area contributed by atoms with Gasteiger partial charge in [-0.3, -0.25) is 0 Å². The first-order chi connectivity index (χ1) is 9.15. The van der Waals surface area contributed by atoms with Crippen LogP contribution < -0.4 is 0 Å². The van der Waals surface area contributed by atoms with E-state index in [1.54, 1.807) is 12.1 Å². The molecular weight excluding hydrogens is 282 g/mol. The van der Waals surface area contributed by atoms with Crippen molar-refractivity contribution in [1.29, 1.82) is 0 Å². The van der Waals surface area contributed by atoms with Crippen LogP contribution in [0.15, 0.2) is 47.2 Å². The van der Waals surface area contributed by atoms with E-state index in [1.807, 2.05) is 18.2 Å². The van der Waals surface area contributed by atoms with Gasteiger partial charge >= 0.3 is 0 Å². The largest absolute Gasteiger partial charge is 0.245 e. The van der Waals surface area contributed by atoms with Gasteiger partial charge in [0.2, 0.25) is 14.2 Å². The van der Waals surface area contributed by atoms with Crippen LogP contribution in [0.2, 0.25) is 0 Å². The first-order valence-electron chi connectivity index (χ1n) is 5.48. The van der Waals surface area contributed by atoms with E-state index in [-0.39, 0.29) is 10.1 Å². The van der Waals surface area contributed by atoms with Gasteiger partial charge in [-0.05, 0) is 18.2 Å². The molecule has 5 nitrogen and oxygen atoms in total. The molecule has 0 fully saturated rings. The number of rotatable bonds is 3. The molecule has 0 amide bonds. The molecule has 3 rings (SSSR count). The van der Waals surface area contributed by atoms with E-state index in [4.69, 9.17) is 0 Å². The number of para-hydroxylation sites is 1. The fraction of sp³-hybridized carbons (Fsp3) is 0.0833. The van der Waals surface area contributed by atoms with Crippen molar-refractivity contribution in [3.8, 4) is 0 Å². The van der Waals surface area contributed by atoms with Gasteiger partial charge in [0.05, 0.1) is 21.7 Å². The van der Waals surface area contributed by atoms with Gasteiger partial charge in [0.1, 0.15) is 6.33 Å². The van der Waals surface area contributed by atoms with Crippen LogP contribution in [0.5, 0.6) is 0 Å². The number of nitrogens with zero attached hydrogens (tertiary/aromatic N) is 3. The molecule has 0 bridgehead atoms. The zero-order valence-corrected chi connectivity index (χ0v) is 11.4. The topological polar surface area (TPSA) is 72.8 Å². The fourth-order valence-corrected chi connectivity index (χ4v) is 4.22. The van der Waals surface area contributed by atoms with Crippen LogP contribution in [0.3, 0.4) is 0 Å². The van der Waals surface area contributed by atoms with Crippen LogP contribution in [0, 0.1) is 0 Å². The average Bonchev–Trinajstić information content (AvgIpc) is 2.84. The van der Waals surface area contributed by atoms with Gasteiger partial charge in [-0.15, -0.1) is 11.3 Å². The summed E-state index contributed by atoms with van der Waals surface area (Å²) in [6.07, 6.45) is 2.86. The van der Waals surface area contributed by atoms with Crippen LogP contribution in [-0.4, -0.2) is 23.4 Å². The van der Waals surface area contributed by atoms with Crippen molar-refractivity contribution in [2.75, 3.05) is 0 Å². The van der Waals surface area contributed by atoms with Gasteiger partial charge in [-0.2, -0.15) is 0 Å². The van der Waals surface area contributed by atoms with E-state index in [2.05, 4.69) is 15.0 Å².